The largest absolute Gasteiger partial charge is 0.573 e. The highest BCUT2D eigenvalue weighted by Gasteiger charge is 2.37. The Balaban J connectivity index is 3.74. The van der Waals surface area contributed by atoms with E-state index in [0.29, 0.717) is 12.1 Å². The molecule has 2 N–H and O–H groups in total. The van der Waals surface area contributed by atoms with Crippen LogP contribution in [0.15, 0.2) is 12.1 Å². The first kappa shape index (κ1) is 16.1. The van der Waals surface area contributed by atoms with E-state index in [4.69, 9.17) is 10.2 Å². The zero-order chi connectivity index (χ0) is 15.7. The maximum atomic E-state index is 12.2. The summed E-state index contributed by atoms with van der Waals surface area (Å²) in [7, 11) is 0. The van der Waals surface area contributed by atoms with Crippen molar-refractivity contribution in [3.05, 3.63) is 26.8 Å². The van der Waals surface area contributed by atoms with Crippen LogP contribution in [-0.2, 0) is 6.14 Å². The summed E-state index contributed by atoms with van der Waals surface area (Å²) in [6, 6.07) is 1.11. The van der Waals surface area contributed by atoms with E-state index < -0.39 is 58.5 Å². The van der Waals surface area contributed by atoms with E-state index in [-0.39, 0.29) is 0 Å². The van der Waals surface area contributed by atoms with Crippen molar-refractivity contribution in [2.24, 2.45) is 0 Å². The minimum Gasteiger partial charge on any atom is -0.478 e. The van der Waals surface area contributed by atoms with E-state index in [1.807, 2.05) is 0 Å². The van der Waals surface area contributed by atoms with Gasteiger partial charge in [0.1, 0.15) is 9.13 Å². The number of rotatable bonds is 4. The van der Waals surface area contributed by atoms with Gasteiger partial charge in [0, 0.05) is 0 Å². The molecule has 0 atom stereocenters. The predicted octanol–water partition coefficient (Wildman–Crippen LogP) is 2.35. The Bertz CT molecular complexity index is 640. The fourth-order valence-corrected chi connectivity index (χ4v) is 2.94. The van der Waals surface area contributed by atoms with Crippen LogP contribution >= 0.6 is 19.8 Å². The average molecular weight is 408 g/mol. The summed E-state index contributed by atoms with van der Waals surface area (Å²) in [6.45, 7) is 0. The molecular formula is C9H4F3IO7. The average Bonchev–Trinajstić information content (AvgIpc) is 2.24. The molecule has 0 aliphatic rings. The van der Waals surface area contributed by atoms with Gasteiger partial charge < -0.3 is 14.9 Å². The Labute approximate surface area is 115 Å². The number of carboxylic acids is 2. The van der Waals surface area contributed by atoms with Gasteiger partial charge in [-0.1, -0.05) is 0 Å². The van der Waals surface area contributed by atoms with E-state index in [1.54, 1.807) is 0 Å². The maximum absolute atomic E-state index is 12.2. The molecule has 0 aliphatic carbocycles. The molecule has 0 heterocycles. The number of hydrogen-bond acceptors (Lipinski definition) is 5. The second-order valence-corrected chi connectivity index (χ2v) is 5.50. The van der Waals surface area contributed by atoms with Gasteiger partial charge in [-0.05, 0) is 12.1 Å². The van der Waals surface area contributed by atoms with Crippen molar-refractivity contribution in [1.82, 2.24) is 0 Å². The lowest BCUT2D eigenvalue weighted by atomic mass is 10.1. The molecule has 0 unspecified atom stereocenters. The van der Waals surface area contributed by atoms with Crippen LogP contribution in [0.5, 0.6) is 5.75 Å². The van der Waals surface area contributed by atoms with Gasteiger partial charge in [-0.15, -0.1) is 13.2 Å². The van der Waals surface area contributed by atoms with Crippen molar-refractivity contribution in [2.75, 3.05) is 0 Å². The molecule has 0 amide bonds. The van der Waals surface area contributed by atoms with Gasteiger partial charge in [0.15, 0.2) is 5.75 Å². The van der Waals surface area contributed by atoms with E-state index in [2.05, 4.69) is 4.74 Å². The summed E-state index contributed by atoms with van der Waals surface area (Å²) >= 11 is -4.77. The standard InChI is InChI=1S/C9H4F3IO7/c10-9(11,12)20-6-4(8(16)17)2-1-3(7(14)15)5(6)13(18)19/h1-2H,(H,14,15)(H,16,17). The van der Waals surface area contributed by atoms with Crippen LogP contribution in [0.2, 0.25) is 0 Å². The Morgan fingerprint density at radius 2 is 1.50 bits per heavy atom. The maximum Gasteiger partial charge on any atom is 0.573 e. The Morgan fingerprint density at radius 1 is 1.05 bits per heavy atom. The zero-order valence-corrected chi connectivity index (χ0v) is 11.3. The third kappa shape index (κ3) is 3.55. The molecule has 7 nitrogen and oxygen atoms in total. The molecule has 0 saturated carbocycles. The molecule has 0 bridgehead atoms. The summed E-state index contributed by atoms with van der Waals surface area (Å²) in [5, 5.41) is 17.4. The van der Waals surface area contributed by atoms with Crippen molar-refractivity contribution in [1.29, 1.82) is 0 Å². The number of carbonyl (C=O) groups is 2. The predicted molar refractivity (Wildman–Crippen MR) is 61.1 cm³/mol. The molecule has 11 heteroatoms. The highest BCUT2D eigenvalue weighted by molar-refractivity contribution is 14.2. The lowest BCUT2D eigenvalue weighted by molar-refractivity contribution is -0.275. The Hall–Kier alpha value is -1.92. The summed E-state index contributed by atoms with van der Waals surface area (Å²) in [4.78, 5) is 21.6. The Morgan fingerprint density at radius 3 is 1.85 bits per heavy atom. The minimum atomic E-state index is -5.37. The summed E-state index contributed by atoms with van der Waals surface area (Å²) in [6.07, 6.45) is -5.37. The molecule has 0 radical (unpaired) electrons. The summed E-state index contributed by atoms with van der Waals surface area (Å²) in [5.74, 6) is -5.25. The monoisotopic (exact) mass is 408 g/mol. The van der Waals surface area contributed by atoms with Gasteiger partial charge in [0.2, 0.25) is 0 Å². The normalized spacial score (nSPS) is 11.4. The highest BCUT2D eigenvalue weighted by Crippen LogP contribution is 2.37. The lowest BCUT2D eigenvalue weighted by Gasteiger charge is -2.13. The molecule has 0 saturated heterocycles. The summed E-state index contributed by atoms with van der Waals surface area (Å²) < 4.78 is 60.8. The van der Waals surface area contributed by atoms with Crippen LogP contribution in [0.1, 0.15) is 20.7 Å². The minimum absolute atomic E-state index is 0.524. The van der Waals surface area contributed by atoms with Crippen LogP contribution in [0, 0.1) is 3.57 Å². The SMILES string of the molecule is O=C(O)c1ccc(C(=O)O)c(I(=O)=O)c1OC(F)(F)F. The molecular weight excluding hydrogens is 404 g/mol. The summed E-state index contributed by atoms with van der Waals surface area (Å²) in [5.41, 5.74) is -2.08. The number of hydrogen-bond donors (Lipinski definition) is 2. The number of ether oxygens (including phenoxy) is 1. The van der Waals surface area contributed by atoms with Crippen molar-refractivity contribution < 1.29 is 43.8 Å². The van der Waals surface area contributed by atoms with Crippen molar-refractivity contribution in [2.45, 2.75) is 6.36 Å². The molecule has 0 aromatic heterocycles. The van der Waals surface area contributed by atoms with E-state index >= 15 is 0 Å². The second kappa shape index (κ2) is 5.60. The van der Waals surface area contributed by atoms with Crippen molar-refractivity contribution in [3.8, 4) is 5.75 Å². The molecule has 0 fully saturated rings. The topological polar surface area (TPSA) is 118 Å². The van der Waals surface area contributed by atoms with Gasteiger partial charge >= 0.3 is 38.1 Å². The third-order valence-corrected chi connectivity index (χ3v) is 3.88. The zero-order valence-electron chi connectivity index (χ0n) is 9.10. The first-order chi connectivity index (χ1) is 9.04. The lowest BCUT2D eigenvalue weighted by Crippen LogP contribution is -2.21. The van der Waals surface area contributed by atoms with Gasteiger partial charge in [0.05, 0.1) is 5.56 Å². The fourth-order valence-electron chi connectivity index (χ4n) is 1.26. The first-order valence-corrected chi connectivity index (χ1v) is 7.33. The Kier molecular flexibility index (Phi) is 4.52. The second-order valence-electron chi connectivity index (χ2n) is 3.18. The van der Waals surface area contributed by atoms with E-state index in [9.17, 15) is 28.9 Å². The van der Waals surface area contributed by atoms with E-state index in [1.165, 1.54) is 0 Å². The molecule has 1 rings (SSSR count). The smallest absolute Gasteiger partial charge is 0.478 e. The highest BCUT2D eigenvalue weighted by atomic mass is 127. The molecule has 20 heavy (non-hydrogen) atoms. The molecule has 110 valence electrons. The van der Waals surface area contributed by atoms with Crippen molar-refractivity contribution >= 4 is 31.7 Å². The van der Waals surface area contributed by atoms with Gasteiger partial charge in [-0.3, -0.25) is 0 Å². The molecule has 1 aromatic carbocycles. The number of carboxylic acid groups (broad SMARTS) is 2. The van der Waals surface area contributed by atoms with Gasteiger partial charge in [-0.25, -0.2) is 15.7 Å². The number of alkyl halides is 3. The van der Waals surface area contributed by atoms with Crippen LogP contribution in [0.4, 0.5) is 13.2 Å². The van der Waals surface area contributed by atoms with Crippen LogP contribution in [0.3, 0.4) is 0 Å². The fraction of sp³-hybridized carbons (Fsp3) is 0.111. The van der Waals surface area contributed by atoms with Gasteiger partial charge in [-0.2, -0.15) is 0 Å². The van der Waals surface area contributed by atoms with E-state index in [0.717, 1.165) is 0 Å². The number of halogens is 4. The van der Waals surface area contributed by atoms with Crippen LogP contribution in [-0.4, -0.2) is 28.5 Å². The van der Waals surface area contributed by atoms with Gasteiger partial charge in [0.25, 0.3) is 0 Å². The molecule has 0 spiro atoms. The molecule has 1 aromatic rings. The number of benzene rings is 1. The van der Waals surface area contributed by atoms with Crippen molar-refractivity contribution in [3.63, 3.8) is 0 Å². The molecule has 0 aliphatic heterocycles. The van der Waals surface area contributed by atoms with Crippen LogP contribution < -0.4 is 4.74 Å². The van der Waals surface area contributed by atoms with Crippen LogP contribution in [0.25, 0.3) is 0 Å². The quantitative estimate of drug-likeness (QED) is 0.735. The number of aromatic carboxylic acids is 2. The first-order valence-electron chi connectivity index (χ1n) is 4.49. The third-order valence-electron chi connectivity index (χ3n) is 1.93.